The van der Waals surface area contributed by atoms with Crippen molar-refractivity contribution >= 4 is 38.6 Å². The molecule has 0 spiro atoms. The fourth-order valence-corrected chi connectivity index (χ4v) is 4.14. The fraction of sp³-hybridized carbons (Fsp3) is 0.476. The molecule has 29 heavy (non-hydrogen) atoms. The van der Waals surface area contributed by atoms with Gasteiger partial charge in [-0.1, -0.05) is 29.8 Å². The number of H-pyrrole nitrogens is 1. The molecule has 3 aromatic rings. The minimum atomic E-state index is 0.0605. The number of nitrogens with zero attached hydrogens (tertiary/aromatic N) is 5. The smallest absolute Gasteiger partial charge is 0.227 e. The maximum atomic E-state index is 4.93. The van der Waals surface area contributed by atoms with E-state index < -0.39 is 0 Å². The third-order valence-electron chi connectivity index (χ3n) is 5.27. The molecule has 1 aromatic carbocycles. The van der Waals surface area contributed by atoms with Crippen molar-refractivity contribution in [2.75, 3.05) is 42.9 Å². The van der Waals surface area contributed by atoms with Crippen molar-refractivity contribution in [3.63, 3.8) is 0 Å². The van der Waals surface area contributed by atoms with Crippen LogP contribution in [0.15, 0.2) is 34.9 Å². The third-order valence-corrected chi connectivity index (χ3v) is 5.76. The second-order valence-electron chi connectivity index (χ2n) is 8.09. The summed E-state index contributed by atoms with van der Waals surface area (Å²) in [5.41, 5.74) is 1.97. The summed E-state index contributed by atoms with van der Waals surface area (Å²) in [6.45, 7) is 11.8. The molecule has 1 atom stereocenters. The van der Waals surface area contributed by atoms with Crippen LogP contribution in [0, 0.1) is 5.92 Å². The summed E-state index contributed by atoms with van der Waals surface area (Å²) in [4.78, 5) is 14.6. The molecule has 1 fully saturated rings. The van der Waals surface area contributed by atoms with E-state index >= 15 is 0 Å². The number of nitrogens with one attached hydrogen (secondary N) is 2. The van der Waals surface area contributed by atoms with Crippen LogP contribution in [0.2, 0.25) is 0 Å². The van der Waals surface area contributed by atoms with Gasteiger partial charge in [0.25, 0.3) is 0 Å². The highest BCUT2D eigenvalue weighted by atomic mass is 79.9. The Morgan fingerprint density at radius 1 is 1.10 bits per heavy atom. The summed E-state index contributed by atoms with van der Waals surface area (Å²) < 4.78 is 1.01. The maximum absolute atomic E-state index is 4.93. The van der Waals surface area contributed by atoms with Crippen LogP contribution in [0.1, 0.15) is 32.5 Å². The first-order valence-corrected chi connectivity index (χ1v) is 11.0. The lowest BCUT2D eigenvalue weighted by Gasteiger charge is -2.35. The van der Waals surface area contributed by atoms with E-state index in [9.17, 15) is 0 Å². The van der Waals surface area contributed by atoms with Crippen LogP contribution in [0.5, 0.6) is 0 Å². The van der Waals surface area contributed by atoms with Crippen LogP contribution in [-0.2, 0) is 0 Å². The molecule has 2 N–H and O–H groups in total. The minimum Gasteiger partial charge on any atom is -0.361 e. The number of halogens is 1. The second kappa shape index (κ2) is 8.67. The topological polar surface area (TPSA) is 73.0 Å². The number of rotatable bonds is 6. The van der Waals surface area contributed by atoms with Crippen LogP contribution in [-0.4, -0.2) is 57.8 Å². The van der Waals surface area contributed by atoms with E-state index in [0.717, 1.165) is 65.6 Å². The number of hydrogen-bond donors (Lipinski definition) is 2. The molecular weight excluding hydrogens is 430 g/mol. The number of aromatic nitrogens is 4. The van der Waals surface area contributed by atoms with Crippen LogP contribution in [0.4, 0.5) is 11.8 Å². The van der Waals surface area contributed by atoms with Gasteiger partial charge in [0.1, 0.15) is 5.82 Å². The van der Waals surface area contributed by atoms with Gasteiger partial charge in [-0.3, -0.25) is 10.00 Å². The molecule has 0 amide bonds. The Bertz CT molecular complexity index is 949. The number of aromatic amines is 1. The quantitative estimate of drug-likeness (QED) is 0.581. The lowest BCUT2D eigenvalue weighted by molar-refractivity contribution is 0.230. The lowest BCUT2D eigenvalue weighted by Crippen LogP contribution is -2.48. The number of anilines is 2. The van der Waals surface area contributed by atoms with E-state index in [1.165, 1.54) is 0 Å². The zero-order valence-corrected chi connectivity index (χ0v) is 18.8. The van der Waals surface area contributed by atoms with Crippen molar-refractivity contribution in [1.29, 1.82) is 0 Å². The standard InChI is InChI=1S/C21H28BrN7/c1-14(2)13-28-8-10-29(11-9-28)21-25-19-5-4-16(22)12-17(19)20(26-21)24-15(3)18-6-7-23-27-18/h4-7,12,14-15H,8-11,13H2,1-3H3,(H,23,27)(H,24,25,26). The predicted octanol–water partition coefficient (Wildman–Crippen LogP) is 4.07. The normalized spacial score (nSPS) is 16.5. The summed E-state index contributed by atoms with van der Waals surface area (Å²) in [6, 6.07) is 8.19. The molecule has 0 radical (unpaired) electrons. The first-order chi connectivity index (χ1) is 14.0. The maximum Gasteiger partial charge on any atom is 0.227 e. The molecular formula is C21H28BrN7. The molecule has 1 unspecified atom stereocenters. The molecule has 1 aliphatic heterocycles. The zero-order valence-electron chi connectivity index (χ0n) is 17.2. The molecule has 0 bridgehead atoms. The number of fused-ring (bicyclic) bond motifs is 1. The Balaban J connectivity index is 1.61. The molecule has 154 valence electrons. The monoisotopic (exact) mass is 457 g/mol. The van der Waals surface area contributed by atoms with Crippen molar-refractivity contribution < 1.29 is 0 Å². The van der Waals surface area contributed by atoms with Crippen molar-refractivity contribution in [3.8, 4) is 0 Å². The molecule has 1 aliphatic rings. The first-order valence-electron chi connectivity index (χ1n) is 10.2. The van der Waals surface area contributed by atoms with Gasteiger partial charge in [0.2, 0.25) is 5.95 Å². The SMILES string of the molecule is CC(C)CN1CCN(c2nc(NC(C)c3ccn[nH]3)c3cc(Br)ccc3n2)CC1. The number of piperazine rings is 1. The summed E-state index contributed by atoms with van der Waals surface area (Å²) in [7, 11) is 0. The number of benzene rings is 1. The van der Waals surface area contributed by atoms with E-state index in [-0.39, 0.29) is 6.04 Å². The summed E-state index contributed by atoms with van der Waals surface area (Å²) in [5.74, 6) is 2.33. The molecule has 7 nitrogen and oxygen atoms in total. The highest BCUT2D eigenvalue weighted by molar-refractivity contribution is 9.10. The highest BCUT2D eigenvalue weighted by Crippen LogP contribution is 2.29. The van der Waals surface area contributed by atoms with Gasteiger partial charge < -0.3 is 10.2 Å². The molecule has 4 rings (SSSR count). The van der Waals surface area contributed by atoms with Crippen molar-refractivity contribution in [2.45, 2.75) is 26.8 Å². The van der Waals surface area contributed by atoms with Crippen LogP contribution >= 0.6 is 15.9 Å². The molecule has 0 saturated carbocycles. The Morgan fingerprint density at radius 2 is 1.90 bits per heavy atom. The van der Waals surface area contributed by atoms with Gasteiger partial charge >= 0.3 is 0 Å². The first kappa shape index (κ1) is 20.1. The van der Waals surface area contributed by atoms with Crippen molar-refractivity contribution in [3.05, 3.63) is 40.6 Å². The lowest BCUT2D eigenvalue weighted by atomic mass is 10.2. The average molecular weight is 458 g/mol. The predicted molar refractivity (Wildman–Crippen MR) is 121 cm³/mol. The molecule has 0 aliphatic carbocycles. The van der Waals surface area contributed by atoms with E-state index in [1.807, 2.05) is 18.2 Å². The van der Waals surface area contributed by atoms with Crippen molar-refractivity contribution in [1.82, 2.24) is 25.1 Å². The minimum absolute atomic E-state index is 0.0605. The fourth-order valence-electron chi connectivity index (χ4n) is 3.78. The highest BCUT2D eigenvalue weighted by Gasteiger charge is 2.21. The molecule has 8 heteroatoms. The van der Waals surface area contributed by atoms with Gasteiger partial charge in [0.05, 0.1) is 17.3 Å². The molecule has 3 heterocycles. The largest absolute Gasteiger partial charge is 0.361 e. The van der Waals surface area contributed by atoms with Crippen molar-refractivity contribution in [2.24, 2.45) is 5.92 Å². The van der Waals surface area contributed by atoms with Crippen LogP contribution < -0.4 is 10.2 Å². The van der Waals surface area contributed by atoms with E-state index in [0.29, 0.717) is 5.92 Å². The van der Waals surface area contributed by atoms with Gasteiger partial charge in [0, 0.05) is 48.8 Å². The zero-order chi connectivity index (χ0) is 20.4. The van der Waals surface area contributed by atoms with Gasteiger partial charge in [-0.25, -0.2) is 4.98 Å². The summed E-state index contributed by atoms with van der Waals surface area (Å²) in [6.07, 6.45) is 1.77. The average Bonchev–Trinajstić information content (AvgIpc) is 3.23. The Labute approximate surface area is 180 Å². The third kappa shape index (κ3) is 4.70. The summed E-state index contributed by atoms with van der Waals surface area (Å²) >= 11 is 3.58. The molecule has 2 aromatic heterocycles. The van der Waals surface area contributed by atoms with Gasteiger partial charge in [0.15, 0.2) is 0 Å². The van der Waals surface area contributed by atoms with Crippen LogP contribution in [0.25, 0.3) is 10.9 Å². The Hall–Kier alpha value is -2.19. The number of hydrogen-bond acceptors (Lipinski definition) is 6. The van der Waals surface area contributed by atoms with Gasteiger partial charge in [-0.15, -0.1) is 0 Å². The van der Waals surface area contributed by atoms with Gasteiger partial charge in [-0.05, 0) is 37.1 Å². The van der Waals surface area contributed by atoms with E-state index in [2.05, 4.69) is 68.1 Å². The second-order valence-corrected chi connectivity index (χ2v) is 9.01. The Kier molecular flexibility index (Phi) is 6.01. The van der Waals surface area contributed by atoms with E-state index in [1.54, 1.807) is 6.20 Å². The summed E-state index contributed by atoms with van der Waals surface area (Å²) in [5, 5.41) is 11.7. The van der Waals surface area contributed by atoms with Gasteiger partial charge in [-0.2, -0.15) is 10.1 Å². The molecule has 1 saturated heterocycles. The van der Waals surface area contributed by atoms with Crippen LogP contribution in [0.3, 0.4) is 0 Å². The Morgan fingerprint density at radius 3 is 2.59 bits per heavy atom. The van der Waals surface area contributed by atoms with E-state index in [4.69, 9.17) is 9.97 Å².